The molecule has 176 valence electrons. The second-order valence-corrected chi connectivity index (χ2v) is 9.55. The number of benzene rings is 2. The van der Waals surface area contributed by atoms with Gasteiger partial charge in [0.05, 0.1) is 28.5 Å². The van der Waals surface area contributed by atoms with Crippen LogP contribution in [-0.4, -0.2) is 41.2 Å². The van der Waals surface area contributed by atoms with Crippen molar-refractivity contribution >= 4 is 34.5 Å². The summed E-state index contributed by atoms with van der Waals surface area (Å²) in [5, 5.41) is 13.0. The van der Waals surface area contributed by atoms with Crippen LogP contribution in [0.3, 0.4) is 0 Å². The maximum Gasteiger partial charge on any atom is 0.257 e. The Labute approximate surface area is 207 Å². The molecule has 0 aliphatic carbocycles. The zero-order valence-corrected chi connectivity index (χ0v) is 20.8. The number of carbonyl (C=O) groups is 1. The fourth-order valence-electron chi connectivity index (χ4n) is 4.09. The van der Waals surface area contributed by atoms with Crippen LogP contribution in [0.2, 0.25) is 0 Å². The summed E-state index contributed by atoms with van der Waals surface area (Å²) in [5.41, 5.74) is 5.28. The molecule has 0 saturated carbocycles. The Bertz CT molecular complexity index is 1550. The summed E-state index contributed by atoms with van der Waals surface area (Å²) in [6, 6.07) is 15.6. The van der Waals surface area contributed by atoms with Gasteiger partial charge in [-0.05, 0) is 50.3 Å². The fourth-order valence-corrected chi connectivity index (χ4v) is 4.89. The molecule has 8 nitrogen and oxygen atoms in total. The van der Waals surface area contributed by atoms with Crippen LogP contribution in [0, 0.1) is 20.8 Å². The van der Waals surface area contributed by atoms with E-state index in [2.05, 4.69) is 58.4 Å². The summed E-state index contributed by atoms with van der Waals surface area (Å²) in [7, 11) is 0. The Morgan fingerprint density at radius 3 is 2.66 bits per heavy atom. The van der Waals surface area contributed by atoms with Crippen molar-refractivity contribution in [2.24, 2.45) is 0 Å². The van der Waals surface area contributed by atoms with E-state index >= 15 is 0 Å². The minimum Gasteiger partial charge on any atom is -0.306 e. The molecular formula is C26H25N7OS. The third-order valence-electron chi connectivity index (χ3n) is 5.63. The molecule has 0 bridgehead atoms. The number of nitrogens with zero attached hydrogens (tertiary/aromatic N) is 6. The van der Waals surface area contributed by atoms with E-state index in [1.54, 1.807) is 22.6 Å². The molecule has 0 saturated heterocycles. The van der Waals surface area contributed by atoms with Gasteiger partial charge in [0, 0.05) is 11.0 Å². The van der Waals surface area contributed by atoms with E-state index in [-0.39, 0.29) is 5.91 Å². The van der Waals surface area contributed by atoms with Crippen LogP contribution in [0.15, 0.2) is 66.0 Å². The zero-order valence-electron chi connectivity index (χ0n) is 20.0. The number of anilines is 1. The Morgan fingerprint density at radius 1 is 1.03 bits per heavy atom. The van der Waals surface area contributed by atoms with E-state index in [1.807, 2.05) is 48.0 Å². The lowest BCUT2D eigenvalue weighted by molar-refractivity contribution is 0.102. The van der Waals surface area contributed by atoms with Crippen molar-refractivity contribution in [3.8, 4) is 11.5 Å². The van der Waals surface area contributed by atoms with Crippen molar-refractivity contribution < 1.29 is 4.79 Å². The fraction of sp³-hybridized carbons (Fsp3) is 0.192. The highest BCUT2D eigenvalue weighted by atomic mass is 32.2. The van der Waals surface area contributed by atoms with E-state index < -0.39 is 0 Å². The normalized spacial score (nSPS) is 11.2. The Hall–Kier alpha value is -3.98. The molecule has 3 heterocycles. The number of hydrogen-bond acceptors (Lipinski definition) is 6. The summed E-state index contributed by atoms with van der Waals surface area (Å²) < 4.78 is 3.45. The first-order valence-electron chi connectivity index (χ1n) is 11.3. The van der Waals surface area contributed by atoms with Gasteiger partial charge in [0.1, 0.15) is 12.1 Å². The van der Waals surface area contributed by atoms with Crippen LogP contribution in [-0.2, 0) is 0 Å². The topological polar surface area (TPSA) is 90.5 Å². The van der Waals surface area contributed by atoms with Crippen LogP contribution in [0.1, 0.15) is 34.1 Å². The standard InChI is InChI=1S/C26H25N7OS/c1-5-35-22-9-7-6-8-19(22)26(34)30-23-13-18(4)31-33(23)25-20-14-29-32(24(20)27-15-28-25)21-11-10-16(2)12-17(21)3/h6-15H,5H2,1-4H3,(H,30,34). The van der Waals surface area contributed by atoms with E-state index in [0.29, 0.717) is 22.8 Å². The number of carbonyl (C=O) groups excluding carboxylic acids is 1. The molecule has 0 aliphatic heterocycles. The van der Waals surface area contributed by atoms with E-state index in [9.17, 15) is 4.79 Å². The maximum atomic E-state index is 13.2. The molecule has 0 unspecified atom stereocenters. The predicted molar refractivity (Wildman–Crippen MR) is 139 cm³/mol. The highest BCUT2D eigenvalue weighted by Crippen LogP contribution is 2.27. The number of fused-ring (bicyclic) bond motifs is 1. The number of thioether (sulfide) groups is 1. The SMILES string of the molecule is CCSc1ccccc1C(=O)Nc1cc(C)nn1-c1ncnc2c1cnn2-c1ccc(C)cc1C. The molecule has 1 N–H and O–H groups in total. The lowest BCUT2D eigenvalue weighted by Crippen LogP contribution is -2.16. The molecule has 35 heavy (non-hydrogen) atoms. The van der Waals surface area contributed by atoms with Gasteiger partial charge in [0.2, 0.25) is 0 Å². The molecule has 0 fully saturated rings. The third-order valence-corrected chi connectivity index (χ3v) is 6.59. The van der Waals surface area contributed by atoms with Crippen molar-refractivity contribution in [3.63, 3.8) is 0 Å². The van der Waals surface area contributed by atoms with Gasteiger partial charge in [0.15, 0.2) is 11.5 Å². The number of rotatable bonds is 6. The Balaban J connectivity index is 1.56. The van der Waals surface area contributed by atoms with E-state index in [1.165, 1.54) is 11.9 Å². The quantitative estimate of drug-likeness (QED) is 0.330. The first-order valence-corrected chi connectivity index (χ1v) is 12.3. The lowest BCUT2D eigenvalue weighted by Gasteiger charge is -2.11. The molecule has 2 aromatic carbocycles. The summed E-state index contributed by atoms with van der Waals surface area (Å²) in [5.74, 6) is 1.76. The van der Waals surface area contributed by atoms with Crippen LogP contribution in [0.25, 0.3) is 22.5 Å². The van der Waals surface area contributed by atoms with Gasteiger partial charge in [0.25, 0.3) is 5.91 Å². The maximum absolute atomic E-state index is 13.2. The highest BCUT2D eigenvalue weighted by Gasteiger charge is 2.19. The van der Waals surface area contributed by atoms with Crippen molar-refractivity contribution in [1.82, 2.24) is 29.5 Å². The first-order chi connectivity index (χ1) is 17.0. The van der Waals surface area contributed by atoms with Gasteiger partial charge in [-0.15, -0.1) is 11.8 Å². The average molecular weight is 484 g/mol. The van der Waals surface area contributed by atoms with Gasteiger partial charge in [-0.25, -0.2) is 14.6 Å². The Morgan fingerprint density at radius 2 is 1.86 bits per heavy atom. The van der Waals surface area contributed by atoms with Crippen LogP contribution in [0.4, 0.5) is 5.82 Å². The molecule has 0 atom stereocenters. The van der Waals surface area contributed by atoms with Crippen LogP contribution < -0.4 is 5.32 Å². The number of hydrogen-bond donors (Lipinski definition) is 1. The van der Waals surface area contributed by atoms with Gasteiger partial charge >= 0.3 is 0 Å². The molecule has 0 aliphatic rings. The number of aromatic nitrogens is 6. The molecule has 5 rings (SSSR count). The minimum atomic E-state index is -0.195. The molecule has 0 spiro atoms. The zero-order chi connectivity index (χ0) is 24.5. The summed E-state index contributed by atoms with van der Waals surface area (Å²) >= 11 is 1.64. The summed E-state index contributed by atoms with van der Waals surface area (Å²) in [6.45, 7) is 8.06. The van der Waals surface area contributed by atoms with Gasteiger partial charge in [-0.3, -0.25) is 4.79 Å². The minimum absolute atomic E-state index is 0.195. The number of aryl methyl sites for hydroxylation is 3. The molecule has 1 amide bonds. The van der Waals surface area contributed by atoms with Gasteiger partial charge in [-0.1, -0.05) is 36.8 Å². The number of nitrogens with one attached hydrogen (secondary N) is 1. The van der Waals surface area contributed by atoms with Gasteiger partial charge in [-0.2, -0.15) is 14.9 Å². The van der Waals surface area contributed by atoms with E-state index in [0.717, 1.165) is 33.0 Å². The van der Waals surface area contributed by atoms with Crippen LogP contribution in [0.5, 0.6) is 0 Å². The average Bonchev–Trinajstić information content (AvgIpc) is 3.43. The first kappa shape index (κ1) is 22.8. The Kier molecular flexibility index (Phi) is 6.08. The monoisotopic (exact) mass is 483 g/mol. The number of amides is 1. The smallest absolute Gasteiger partial charge is 0.257 e. The second kappa shape index (κ2) is 9.34. The third kappa shape index (κ3) is 4.30. The van der Waals surface area contributed by atoms with Gasteiger partial charge < -0.3 is 5.32 Å². The van der Waals surface area contributed by atoms with Crippen LogP contribution >= 0.6 is 11.8 Å². The van der Waals surface area contributed by atoms with Crippen molar-refractivity contribution in [2.75, 3.05) is 11.1 Å². The second-order valence-electron chi connectivity index (χ2n) is 8.25. The van der Waals surface area contributed by atoms with Crippen molar-refractivity contribution in [1.29, 1.82) is 0 Å². The molecule has 5 aromatic rings. The van der Waals surface area contributed by atoms with Crippen molar-refractivity contribution in [2.45, 2.75) is 32.6 Å². The summed E-state index contributed by atoms with van der Waals surface area (Å²) in [6.07, 6.45) is 3.23. The van der Waals surface area contributed by atoms with E-state index in [4.69, 9.17) is 0 Å². The predicted octanol–water partition coefficient (Wildman–Crippen LogP) is 5.29. The van der Waals surface area contributed by atoms with Crippen molar-refractivity contribution in [3.05, 3.63) is 83.4 Å². The highest BCUT2D eigenvalue weighted by molar-refractivity contribution is 7.99. The molecule has 0 radical (unpaired) electrons. The molecule has 3 aromatic heterocycles. The summed E-state index contributed by atoms with van der Waals surface area (Å²) in [4.78, 5) is 23.1. The molecular weight excluding hydrogens is 458 g/mol. The molecule has 9 heteroatoms. The largest absolute Gasteiger partial charge is 0.306 e. The lowest BCUT2D eigenvalue weighted by atomic mass is 10.1.